The fraction of sp³-hybridized carbons (Fsp3) is 0.737. The highest BCUT2D eigenvalue weighted by molar-refractivity contribution is 14.0. The van der Waals surface area contributed by atoms with Gasteiger partial charge in [-0.3, -0.25) is 9.67 Å². The van der Waals surface area contributed by atoms with Crippen molar-refractivity contribution in [2.24, 2.45) is 12.0 Å². The summed E-state index contributed by atoms with van der Waals surface area (Å²) in [6.45, 7) is 11.7. The summed E-state index contributed by atoms with van der Waals surface area (Å²) in [7, 11) is 3.71. The third-order valence-corrected chi connectivity index (χ3v) is 4.73. The van der Waals surface area contributed by atoms with Crippen LogP contribution in [0.2, 0.25) is 0 Å². The smallest absolute Gasteiger partial charge is 0.410 e. The quantitative estimate of drug-likeness (QED) is 0.374. The molecule has 2 N–H and O–H groups in total. The summed E-state index contributed by atoms with van der Waals surface area (Å²) in [5, 5.41) is 11.2. The summed E-state index contributed by atoms with van der Waals surface area (Å²) in [5.74, 6) is 0.730. The Labute approximate surface area is 185 Å². The van der Waals surface area contributed by atoms with Crippen LogP contribution in [0.15, 0.2) is 4.99 Å². The predicted octanol–water partition coefficient (Wildman–Crippen LogP) is 2.72. The summed E-state index contributed by atoms with van der Waals surface area (Å²) in [6.07, 6.45) is 1.68. The van der Waals surface area contributed by atoms with Gasteiger partial charge < -0.3 is 20.3 Å². The van der Waals surface area contributed by atoms with Crippen LogP contribution in [0.3, 0.4) is 0 Å². The molecule has 0 radical (unpaired) electrons. The third kappa shape index (κ3) is 6.82. The lowest BCUT2D eigenvalue weighted by molar-refractivity contribution is 0.0193. The minimum absolute atomic E-state index is 0. The van der Waals surface area contributed by atoms with Crippen molar-refractivity contribution < 1.29 is 9.53 Å². The summed E-state index contributed by atoms with van der Waals surface area (Å²) < 4.78 is 7.39. The van der Waals surface area contributed by atoms with Gasteiger partial charge in [0.1, 0.15) is 5.60 Å². The number of carbonyl (C=O) groups is 1. The molecule has 0 spiro atoms. The maximum atomic E-state index is 12.3. The minimum Gasteiger partial charge on any atom is -0.444 e. The van der Waals surface area contributed by atoms with Crippen LogP contribution in [0.4, 0.5) is 4.79 Å². The zero-order valence-corrected chi connectivity index (χ0v) is 20.5. The Morgan fingerprint density at radius 3 is 2.57 bits per heavy atom. The molecule has 1 saturated heterocycles. The maximum Gasteiger partial charge on any atom is 0.410 e. The van der Waals surface area contributed by atoms with E-state index >= 15 is 0 Å². The van der Waals surface area contributed by atoms with E-state index in [4.69, 9.17) is 4.74 Å². The van der Waals surface area contributed by atoms with E-state index in [-0.39, 0.29) is 36.1 Å². The number of amides is 1. The average Bonchev–Trinajstić information content (AvgIpc) is 2.82. The molecule has 1 unspecified atom stereocenters. The van der Waals surface area contributed by atoms with Gasteiger partial charge in [-0.2, -0.15) is 5.10 Å². The average molecular weight is 506 g/mol. The fourth-order valence-corrected chi connectivity index (χ4v) is 3.22. The summed E-state index contributed by atoms with van der Waals surface area (Å²) in [4.78, 5) is 18.4. The topological polar surface area (TPSA) is 83.8 Å². The number of carbonyl (C=O) groups excluding carboxylic acids is 1. The highest BCUT2D eigenvalue weighted by Gasteiger charge is 2.28. The maximum absolute atomic E-state index is 12.3. The second-order valence-corrected chi connectivity index (χ2v) is 8.11. The van der Waals surface area contributed by atoms with Gasteiger partial charge >= 0.3 is 6.09 Å². The summed E-state index contributed by atoms with van der Waals surface area (Å²) in [5.41, 5.74) is 2.87. The molecule has 1 fully saturated rings. The van der Waals surface area contributed by atoms with Crippen molar-refractivity contribution in [3.8, 4) is 0 Å². The summed E-state index contributed by atoms with van der Waals surface area (Å²) in [6, 6.07) is 0.147. The molecule has 1 aromatic rings. The number of hydrogen-bond acceptors (Lipinski definition) is 4. The molecule has 0 saturated carbocycles. The van der Waals surface area contributed by atoms with Gasteiger partial charge in [0.15, 0.2) is 5.96 Å². The molecule has 2 rings (SSSR count). The van der Waals surface area contributed by atoms with Crippen LogP contribution in [0.5, 0.6) is 0 Å². The van der Waals surface area contributed by atoms with E-state index in [2.05, 4.69) is 27.6 Å². The van der Waals surface area contributed by atoms with E-state index in [9.17, 15) is 4.79 Å². The molecule has 2 heterocycles. The molecule has 28 heavy (non-hydrogen) atoms. The van der Waals surface area contributed by atoms with Gasteiger partial charge in [-0.05, 0) is 47.5 Å². The Morgan fingerprint density at radius 1 is 1.36 bits per heavy atom. The standard InChI is InChI=1S/C19H34N6O2.HI/c1-13-16(14(2)24(7)23-13)11-21-17(20-6)22-15-9-8-10-25(12-15)18(26)27-19(3,4)5;/h15H,8-12H2,1-7H3,(H2,20,21,22);1H. The largest absolute Gasteiger partial charge is 0.444 e. The normalized spacial score (nSPS) is 17.8. The molecule has 0 aliphatic carbocycles. The molecule has 1 aliphatic heterocycles. The lowest BCUT2D eigenvalue weighted by Gasteiger charge is -2.35. The van der Waals surface area contributed by atoms with E-state index in [1.54, 1.807) is 11.9 Å². The van der Waals surface area contributed by atoms with Gasteiger partial charge in [-0.25, -0.2) is 4.79 Å². The summed E-state index contributed by atoms with van der Waals surface area (Å²) >= 11 is 0. The van der Waals surface area contributed by atoms with Crippen LogP contribution < -0.4 is 10.6 Å². The Hall–Kier alpha value is -1.52. The van der Waals surface area contributed by atoms with Crippen LogP contribution in [-0.2, 0) is 18.3 Å². The fourth-order valence-electron chi connectivity index (χ4n) is 3.22. The van der Waals surface area contributed by atoms with Gasteiger partial charge in [0.05, 0.1) is 5.69 Å². The van der Waals surface area contributed by atoms with E-state index in [0.717, 1.165) is 36.7 Å². The van der Waals surface area contributed by atoms with Crippen LogP contribution >= 0.6 is 24.0 Å². The molecule has 8 nitrogen and oxygen atoms in total. The number of likely N-dealkylation sites (tertiary alicyclic amines) is 1. The van der Waals surface area contributed by atoms with Crippen LogP contribution in [0.25, 0.3) is 0 Å². The molecular formula is C19H35IN6O2. The van der Waals surface area contributed by atoms with Crippen molar-refractivity contribution in [1.29, 1.82) is 0 Å². The molecule has 0 aromatic carbocycles. The molecule has 1 aromatic heterocycles. The van der Waals surface area contributed by atoms with E-state index in [0.29, 0.717) is 13.1 Å². The van der Waals surface area contributed by atoms with Crippen molar-refractivity contribution >= 4 is 36.0 Å². The number of halogens is 1. The third-order valence-electron chi connectivity index (χ3n) is 4.73. The monoisotopic (exact) mass is 506 g/mol. The number of aromatic nitrogens is 2. The van der Waals surface area contributed by atoms with Crippen molar-refractivity contribution in [3.63, 3.8) is 0 Å². The second-order valence-electron chi connectivity index (χ2n) is 8.11. The van der Waals surface area contributed by atoms with Gasteiger partial charge in [0, 0.05) is 51.0 Å². The number of guanidine groups is 1. The van der Waals surface area contributed by atoms with Crippen molar-refractivity contribution in [2.45, 2.75) is 65.6 Å². The first-order valence-corrected chi connectivity index (χ1v) is 9.55. The Balaban J connectivity index is 0.00000392. The van der Waals surface area contributed by atoms with E-state index in [1.165, 1.54) is 5.56 Å². The lowest BCUT2D eigenvalue weighted by atomic mass is 10.1. The van der Waals surface area contributed by atoms with E-state index < -0.39 is 5.60 Å². The first kappa shape index (κ1) is 24.5. The SMILES string of the molecule is CN=C(NCc1c(C)nn(C)c1C)NC1CCCN(C(=O)OC(C)(C)C)C1.I. The first-order chi connectivity index (χ1) is 12.6. The Morgan fingerprint density at radius 2 is 2.04 bits per heavy atom. The molecular weight excluding hydrogens is 471 g/mol. The van der Waals surface area contributed by atoms with Crippen LogP contribution in [-0.4, -0.2) is 58.5 Å². The molecule has 0 bridgehead atoms. The molecule has 1 aliphatic rings. The Bertz CT molecular complexity index is 695. The number of nitrogens with zero attached hydrogens (tertiary/aromatic N) is 4. The zero-order chi connectivity index (χ0) is 20.2. The number of aryl methyl sites for hydroxylation is 2. The molecule has 160 valence electrons. The number of ether oxygens (including phenoxy) is 1. The Kier molecular flexibility index (Phi) is 9.03. The van der Waals surface area contributed by atoms with Gasteiger partial charge in [0.2, 0.25) is 0 Å². The van der Waals surface area contributed by atoms with Crippen LogP contribution in [0.1, 0.15) is 50.6 Å². The number of nitrogens with one attached hydrogen (secondary N) is 2. The second kappa shape index (κ2) is 10.3. The molecule has 9 heteroatoms. The molecule has 1 amide bonds. The van der Waals surface area contributed by atoms with Crippen molar-refractivity contribution in [1.82, 2.24) is 25.3 Å². The van der Waals surface area contributed by atoms with Crippen molar-refractivity contribution in [3.05, 3.63) is 17.0 Å². The number of aliphatic imine (C=N–C) groups is 1. The number of rotatable bonds is 3. The number of piperidine rings is 1. The first-order valence-electron chi connectivity index (χ1n) is 9.55. The van der Waals surface area contributed by atoms with Gasteiger partial charge in [0.25, 0.3) is 0 Å². The highest BCUT2D eigenvalue weighted by atomic mass is 127. The highest BCUT2D eigenvalue weighted by Crippen LogP contribution is 2.15. The minimum atomic E-state index is -0.478. The number of hydrogen-bond donors (Lipinski definition) is 2. The van der Waals surface area contributed by atoms with Crippen LogP contribution in [0, 0.1) is 13.8 Å². The zero-order valence-electron chi connectivity index (χ0n) is 18.1. The van der Waals surface area contributed by atoms with E-state index in [1.807, 2.05) is 39.4 Å². The molecule has 1 atom stereocenters. The van der Waals surface area contributed by atoms with Gasteiger partial charge in [-0.1, -0.05) is 0 Å². The van der Waals surface area contributed by atoms with Crippen molar-refractivity contribution in [2.75, 3.05) is 20.1 Å². The van der Waals surface area contributed by atoms with Gasteiger partial charge in [-0.15, -0.1) is 24.0 Å². The lowest BCUT2D eigenvalue weighted by Crippen LogP contribution is -2.53. The predicted molar refractivity (Wildman–Crippen MR) is 122 cm³/mol.